The van der Waals surface area contributed by atoms with Crippen molar-refractivity contribution in [3.8, 4) is 11.4 Å². The van der Waals surface area contributed by atoms with Crippen molar-refractivity contribution in [2.75, 3.05) is 25.6 Å². The maximum absolute atomic E-state index is 12.1. The lowest BCUT2D eigenvalue weighted by atomic mass is 9.87. The number of ether oxygens (including phenoxy) is 2. The summed E-state index contributed by atoms with van der Waals surface area (Å²) in [6, 6.07) is 6.67. The summed E-state index contributed by atoms with van der Waals surface area (Å²) in [5, 5.41) is 2.83. The summed E-state index contributed by atoms with van der Waals surface area (Å²) in [4.78, 5) is 32.2. The van der Waals surface area contributed by atoms with Gasteiger partial charge in [-0.2, -0.15) is 0 Å². The molecule has 1 aliphatic heterocycles. The Kier molecular flexibility index (Phi) is 4.26. The molecule has 1 saturated heterocycles. The fourth-order valence-corrected chi connectivity index (χ4v) is 2.26. The number of anilines is 1. The number of hydrogen-bond donors (Lipinski definition) is 1. The Bertz CT molecular complexity index is 770. The zero-order chi connectivity index (χ0) is 17.2. The van der Waals surface area contributed by atoms with Gasteiger partial charge in [0.25, 0.3) is 0 Å². The van der Waals surface area contributed by atoms with Crippen LogP contribution in [0.1, 0.15) is 17.3 Å². The standard InChI is InChI=1S/C17H17N3O4/c1-17(9-24-10-17)16(22)20-12-3-4-13(19-8-12)14-7-11(5-6-18-14)15(21)23-2/h3-8H,9-10H2,1-2H3,(H,20,22). The zero-order valence-electron chi connectivity index (χ0n) is 13.4. The van der Waals surface area contributed by atoms with Gasteiger partial charge in [-0.25, -0.2) is 4.79 Å². The monoisotopic (exact) mass is 327 g/mol. The van der Waals surface area contributed by atoms with Crippen LogP contribution in [0.15, 0.2) is 36.7 Å². The number of methoxy groups -OCH3 is 1. The number of carbonyl (C=O) groups excluding carboxylic acids is 2. The van der Waals surface area contributed by atoms with E-state index in [-0.39, 0.29) is 5.91 Å². The maximum atomic E-state index is 12.1. The minimum atomic E-state index is -0.477. The average Bonchev–Trinajstić information content (AvgIpc) is 2.59. The summed E-state index contributed by atoms with van der Waals surface area (Å²) < 4.78 is 9.78. The van der Waals surface area contributed by atoms with Gasteiger partial charge in [0.05, 0.1) is 54.6 Å². The number of amides is 1. The molecular weight excluding hydrogens is 310 g/mol. The first-order valence-electron chi connectivity index (χ1n) is 7.42. The second-order valence-electron chi connectivity index (χ2n) is 5.86. The molecule has 124 valence electrons. The van der Waals surface area contributed by atoms with Crippen molar-refractivity contribution >= 4 is 17.6 Å². The Morgan fingerprint density at radius 1 is 1.21 bits per heavy atom. The fourth-order valence-electron chi connectivity index (χ4n) is 2.26. The Hall–Kier alpha value is -2.80. The van der Waals surface area contributed by atoms with Gasteiger partial charge in [0, 0.05) is 6.20 Å². The molecule has 24 heavy (non-hydrogen) atoms. The number of nitrogens with zero attached hydrogens (tertiary/aromatic N) is 2. The van der Waals surface area contributed by atoms with Crippen LogP contribution >= 0.6 is 0 Å². The van der Waals surface area contributed by atoms with Crippen LogP contribution in [0.4, 0.5) is 5.69 Å². The van der Waals surface area contributed by atoms with Gasteiger partial charge in [-0.1, -0.05) is 0 Å². The van der Waals surface area contributed by atoms with Gasteiger partial charge in [-0.15, -0.1) is 0 Å². The smallest absolute Gasteiger partial charge is 0.337 e. The van der Waals surface area contributed by atoms with Crippen LogP contribution in [0.3, 0.4) is 0 Å². The fraction of sp³-hybridized carbons (Fsp3) is 0.294. The summed E-state index contributed by atoms with van der Waals surface area (Å²) in [6.07, 6.45) is 3.08. The number of nitrogens with one attached hydrogen (secondary N) is 1. The van der Waals surface area contributed by atoms with Crippen LogP contribution in [0.25, 0.3) is 11.4 Å². The third-order valence-corrected chi connectivity index (χ3v) is 3.85. The van der Waals surface area contributed by atoms with Crippen LogP contribution < -0.4 is 5.32 Å². The second-order valence-corrected chi connectivity index (χ2v) is 5.86. The molecule has 0 aromatic carbocycles. The largest absolute Gasteiger partial charge is 0.465 e. The molecule has 0 radical (unpaired) electrons. The van der Waals surface area contributed by atoms with E-state index in [0.717, 1.165) is 0 Å². The molecule has 0 spiro atoms. The van der Waals surface area contributed by atoms with E-state index in [9.17, 15) is 9.59 Å². The molecule has 2 aromatic heterocycles. The Balaban J connectivity index is 1.75. The molecule has 1 amide bonds. The molecule has 0 aliphatic carbocycles. The van der Waals surface area contributed by atoms with Gasteiger partial charge in [-0.3, -0.25) is 14.8 Å². The topological polar surface area (TPSA) is 90.4 Å². The van der Waals surface area contributed by atoms with Crippen molar-refractivity contribution in [3.63, 3.8) is 0 Å². The van der Waals surface area contributed by atoms with Crippen molar-refractivity contribution < 1.29 is 19.1 Å². The average molecular weight is 327 g/mol. The quantitative estimate of drug-likeness (QED) is 0.863. The third kappa shape index (κ3) is 3.11. The minimum absolute atomic E-state index is 0.0888. The summed E-state index contributed by atoms with van der Waals surface area (Å²) in [6.45, 7) is 2.71. The Morgan fingerprint density at radius 2 is 2.00 bits per heavy atom. The van der Waals surface area contributed by atoms with Gasteiger partial charge in [0.2, 0.25) is 5.91 Å². The van der Waals surface area contributed by atoms with Crippen molar-refractivity contribution in [1.29, 1.82) is 0 Å². The number of pyridine rings is 2. The zero-order valence-corrected chi connectivity index (χ0v) is 13.4. The molecule has 0 bridgehead atoms. The van der Waals surface area contributed by atoms with E-state index in [1.165, 1.54) is 13.3 Å². The van der Waals surface area contributed by atoms with Crippen LogP contribution in [0, 0.1) is 5.41 Å². The summed E-state index contributed by atoms with van der Waals surface area (Å²) in [7, 11) is 1.33. The predicted molar refractivity (Wildman–Crippen MR) is 86.4 cm³/mol. The molecule has 1 aliphatic rings. The SMILES string of the molecule is COC(=O)c1ccnc(-c2ccc(NC(=O)C3(C)COC3)cn2)c1. The lowest BCUT2D eigenvalue weighted by Gasteiger charge is -2.36. The molecule has 0 unspecified atom stereocenters. The van der Waals surface area contributed by atoms with Crippen LogP contribution in [0.5, 0.6) is 0 Å². The lowest BCUT2D eigenvalue weighted by molar-refractivity contribution is -0.151. The number of aromatic nitrogens is 2. The highest BCUT2D eigenvalue weighted by atomic mass is 16.5. The van der Waals surface area contributed by atoms with Gasteiger partial charge < -0.3 is 14.8 Å². The molecule has 3 rings (SSSR count). The maximum Gasteiger partial charge on any atom is 0.337 e. The summed E-state index contributed by atoms with van der Waals surface area (Å²) in [5.41, 5.74) is 1.67. The summed E-state index contributed by atoms with van der Waals surface area (Å²) in [5.74, 6) is -0.521. The number of hydrogen-bond acceptors (Lipinski definition) is 6. The van der Waals surface area contributed by atoms with Gasteiger partial charge >= 0.3 is 5.97 Å². The Labute approximate surface area is 139 Å². The van der Waals surface area contributed by atoms with Crippen LogP contribution in [-0.2, 0) is 14.3 Å². The predicted octanol–water partition coefficient (Wildman–Crippen LogP) is 1.91. The van der Waals surface area contributed by atoms with Crippen LogP contribution in [-0.4, -0.2) is 42.2 Å². The van der Waals surface area contributed by atoms with Gasteiger partial charge in [0.15, 0.2) is 0 Å². The van der Waals surface area contributed by atoms with Crippen LogP contribution in [0.2, 0.25) is 0 Å². The van der Waals surface area contributed by atoms with Crippen molar-refractivity contribution in [1.82, 2.24) is 9.97 Å². The minimum Gasteiger partial charge on any atom is -0.465 e. The molecule has 1 fully saturated rings. The molecule has 1 N–H and O–H groups in total. The lowest BCUT2D eigenvalue weighted by Crippen LogP contribution is -2.49. The second kappa shape index (κ2) is 6.37. The molecule has 7 nitrogen and oxygen atoms in total. The summed E-state index contributed by atoms with van der Waals surface area (Å²) >= 11 is 0. The van der Waals surface area contributed by atoms with Gasteiger partial charge in [0.1, 0.15) is 0 Å². The van der Waals surface area contributed by atoms with Crippen molar-refractivity contribution in [2.24, 2.45) is 5.41 Å². The number of esters is 1. The first-order valence-corrected chi connectivity index (χ1v) is 7.42. The van der Waals surface area contributed by atoms with E-state index in [1.54, 1.807) is 30.5 Å². The number of rotatable bonds is 4. The molecule has 7 heteroatoms. The van der Waals surface area contributed by atoms with E-state index in [0.29, 0.717) is 35.9 Å². The highest BCUT2D eigenvalue weighted by Gasteiger charge is 2.41. The highest BCUT2D eigenvalue weighted by molar-refractivity contribution is 5.95. The highest BCUT2D eigenvalue weighted by Crippen LogP contribution is 2.28. The van der Waals surface area contributed by atoms with E-state index in [1.807, 2.05) is 6.92 Å². The van der Waals surface area contributed by atoms with E-state index in [4.69, 9.17) is 9.47 Å². The van der Waals surface area contributed by atoms with E-state index < -0.39 is 11.4 Å². The Morgan fingerprint density at radius 3 is 2.58 bits per heavy atom. The first-order chi connectivity index (χ1) is 11.5. The first kappa shape index (κ1) is 16.1. The normalized spacial score (nSPS) is 15.2. The molecule has 0 saturated carbocycles. The molecule has 0 atom stereocenters. The molecule has 3 heterocycles. The molecule has 2 aromatic rings. The number of carbonyl (C=O) groups is 2. The van der Waals surface area contributed by atoms with E-state index >= 15 is 0 Å². The third-order valence-electron chi connectivity index (χ3n) is 3.85. The van der Waals surface area contributed by atoms with Crippen molar-refractivity contribution in [3.05, 3.63) is 42.2 Å². The van der Waals surface area contributed by atoms with Gasteiger partial charge in [-0.05, 0) is 31.2 Å². The van der Waals surface area contributed by atoms with Crippen molar-refractivity contribution in [2.45, 2.75) is 6.92 Å². The van der Waals surface area contributed by atoms with E-state index in [2.05, 4.69) is 15.3 Å². The molecular formula is C17H17N3O4.